The normalized spacial score (nSPS) is 13.9. The van der Waals surface area contributed by atoms with E-state index >= 15 is 0 Å². The zero-order chi connectivity index (χ0) is 24.8. The van der Waals surface area contributed by atoms with Crippen molar-refractivity contribution in [2.45, 2.75) is 44.2 Å². The Bertz CT molecular complexity index is 1150. The number of aromatic amines is 1. The highest BCUT2D eigenvalue weighted by Gasteiger charge is 2.30. The minimum atomic E-state index is -1.11. The number of benzene rings is 2. The summed E-state index contributed by atoms with van der Waals surface area (Å²) in [4.78, 5) is 40.2. The van der Waals surface area contributed by atoms with Crippen LogP contribution in [0.25, 0.3) is 11.1 Å². The number of hydrogen-bond donors (Lipinski definition) is 4. The van der Waals surface area contributed by atoms with Gasteiger partial charge in [0.1, 0.15) is 18.7 Å². The average molecular weight is 476 g/mol. The number of ether oxygens (including phenoxy) is 1. The molecule has 1 aliphatic rings. The summed E-state index contributed by atoms with van der Waals surface area (Å²) in [5.74, 6) is -1.79. The molecule has 8 nitrogen and oxygen atoms in total. The van der Waals surface area contributed by atoms with Crippen molar-refractivity contribution in [1.29, 1.82) is 0 Å². The lowest BCUT2D eigenvalue weighted by Crippen LogP contribution is -2.52. The summed E-state index contributed by atoms with van der Waals surface area (Å²) in [6, 6.07) is 17.6. The van der Waals surface area contributed by atoms with E-state index in [1.807, 2.05) is 43.3 Å². The highest BCUT2D eigenvalue weighted by molar-refractivity contribution is 5.89. The second-order valence-electron chi connectivity index (χ2n) is 8.61. The van der Waals surface area contributed by atoms with E-state index in [9.17, 15) is 19.5 Å². The summed E-state index contributed by atoms with van der Waals surface area (Å²) in [5, 5.41) is 14.6. The maximum atomic E-state index is 12.9. The third-order valence-corrected chi connectivity index (χ3v) is 6.23. The van der Waals surface area contributed by atoms with Crippen LogP contribution in [0.3, 0.4) is 0 Å². The first-order valence-electron chi connectivity index (χ1n) is 11.7. The number of carbonyl (C=O) groups excluding carboxylic acids is 2. The van der Waals surface area contributed by atoms with Gasteiger partial charge >= 0.3 is 12.1 Å². The molecule has 3 aromatic rings. The van der Waals surface area contributed by atoms with Crippen molar-refractivity contribution in [3.05, 3.63) is 83.7 Å². The van der Waals surface area contributed by atoms with Crippen LogP contribution in [0.1, 0.15) is 42.5 Å². The molecule has 0 fully saturated rings. The van der Waals surface area contributed by atoms with Crippen molar-refractivity contribution in [3.8, 4) is 11.1 Å². The Labute approximate surface area is 203 Å². The van der Waals surface area contributed by atoms with Crippen molar-refractivity contribution in [2.75, 3.05) is 6.61 Å². The molecule has 2 atom stereocenters. The molecule has 0 radical (unpaired) electrons. The van der Waals surface area contributed by atoms with E-state index < -0.39 is 30.1 Å². The van der Waals surface area contributed by atoms with E-state index in [-0.39, 0.29) is 18.9 Å². The second kappa shape index (κ2) is 10.9. The first-order chi connectivity index (χ1) is 17.0. The first-order valence-corrected chi connectivity index (χ1v) is 11.7. The quantitative estimate of drug-likeness (QED) is 0.355. The maximum Gasteiger partial charge on any atom is 0.407 e. The van der Waals surface area contributed by atoms with Gasteiger partial charge in [-0.25, -0.2) is 9.59 Å². The fourth-order valence-corrected chi connectivity index (χ4v) is 4.52. The van der Waals surface area contributed by atoms with Gasteiger partial charge in [0.05, 0.1) is 0 Å². The molecule has 0 saturated heterocycles. The lowest BCUT2D eigenvalue weighted by atomic mass is 9.98. The monoisotopic (exact) mass is 475 g/mol. The zero-order valence-electron chi connectivity index (χ0n) is 19.5. The highest BCUT2D eigenvalue weighted by Crippen LogP contribution is 2.44. The van der Waals surface area contributed by atoms with Gasteiger partial charge in [0.25, 0.3) is 0 Å². The number of alkyl carbamates (subject to hydrolysis) is 1. The molecule has 0 bridgehead atoms. The highest BCUT2D eigenvalue weighted by atomic mass is 16.5. The van der Waals surface area contributed by atoms with Crippen molar-refractivity contribution in [1.82, 2.24) is 15.6 Å². The molecule has 35 heavy (non-hydrogen) atoms. The van der Waals surface area contributed by atoms with Crippen LogP contribution in [-0.4, -0.2) is 46.8 Å². The molecule has 182 valence electrons. The van der Waals surface area contributed by atoms with Crippen LogP contribution in [0.5, 0.6) is 0 Å². The SMILES string of the molecule is CCC[C@H](NC(=O)C(Cc1ccc[nH]1)NC(=O)OCC1c2ccccc2-c2ccccc21)C(=O)O. The van der Waals surface area contributed by atoms with Crippen LogP contribution in [0.4, 0.5) is 4.79 Å². The van der Waals surface area contributed by atoms with Gasteiger partial charge in [-0.2, -0.15) is 0 Å². The van der Waals surface area contributed by atoms with Crippen molar-refractivity contribution in [3.63, 3.8) is 0 Å². The van der Waals surface area contributed by atoms with Crippen molar-refractivity contribution >= 4 is 18.0 Å². The molecule has 0 spiro atoms. The first kappa shape index (κ1) is 24.1. The zero-order valence-corrected chi connectivity index (χ0v) is 19.5. The lowest BCUT2D eigenvalue weighted by Gasteiger charge is -2.21. The molecule has 2 aromatic carbocycles. The number of H-pyrrole nitrogens is 1. The molecule has 1 aliphatic carbocycles. The third-order valence-electron chi connectivity index (χ3n) is 6.23. The van der Waals surface area contributed by atoms with E-state index in [4.69, 9.17) is 4.74 Å². The molecule has 0 aliphatic heterocycles. The topological polar surface area (TPSA) is 121 Å². The van der Waals surface area contributed by atoms with Gasteiger partial charge in [-0.3, -0.25) is 4.79 Å². The van der Waals surface area contributed by atoms with Gasteiger partial charge in [0.15, 0.2) is 0 Å². The molecule has 8 heteroatoms. The van der Waals surface area contributed by atoms with Crippen LogP contribution >= 0.6 is 0 Å². The minimum Gasteiger partial charge on any atom is -0.480 e. The number of carboxylic acids is 1. The fourth-order valence-electron chi connectivity index (χ4n) is 4.52. The third kappa shape index (κ3) is 5.54. The number of fused-ring (bicyclic) bond motifs is 3. The van der Waals surface area contributed by atoms with Crippen LogP contribution < -0.4 is 10.6 Å². The second-order valence-corrected chi connectivity index (χ2v) is 8.61. The Morgan fingerprint density at radius 3 is 2.17 bits per heavy atom. The summed E-state index contributed by atoms with van der Waals surface area (Å²) in [5.41, 5.74) is 5.15. The van der Waals surface area contributed by atoms with Gasteiger partial charge in [0, 0.05) is 24.2 Å². The summed E-state index contributed by atoms with van der Waals surface area (Å²) in [6.45, 7) is 1.96. The number of hydrogen-bond acceptors (Lipinski definition) is 4. The van der Waals surface area contributed by atoms with E-state index in [1.165, 1.54) is 0 Å². The molecule has 4 N–H and O–H groups in total. The van der Waals surface area contributed by atoms with Crippen molar-refractivity contribution in [2.24, 2.45) is 0 Å². The van der Waals surface area contributed by atoms with Crippen LogP contribution in [0.2, 0.25) is 0 Å². The predicted octanol–water partition coefficient (Wildman–Crippen LogP) is 3.83. The number of amides is 2. The van der Waals surface area contributed by atoms with Gasteiger partial charge < -0.3 is 25.5 Å². The maximum absolute atomic E-state index is 12.9. The Morgan fingerprint density at radius 2 is 1.60 bits per heavy atom. The van der Waals surface area contributed by atoms with E-state index in [2.05, 4.69) is 27.8 Å². The van der Waals surface area contributed by atoms with Crippen LogP contribution in [0, 0.1) is 0 Å². The number of carboxylic acid groups (broad SMARTS) is 1. The fraction of sp³-hybridized carbons (Fsp3) is 0.296. The average Bonchev–Trinajstić information content (AvgIpc) is 3.48. The van der Waals surface area contributed by atoms with E-state index in [0.29, 0.717) is 12.8 Å². The molecular weight excluding hydrogens is 446 g/mol. The number of aliphatic carboxylic acids is 1. The number of rotatable bonds is 10. The summed E-state index contributed by atoms with van der Waals surface area (Å²) >= 11 is 0. The van der Waals surface area contributed by atoms with E-state index in [0.717, 1.165) is 27.9 Å². The van der Waals surface area contributed by atoms with E-state index in [1.54, 1.807) is 18.3 Å². The molecule has 0 saturated carbocycles. The standard InChI is InChI=1S/C27H29N3O5/c1-2-8-23(26(32)33)29-25(31)24(15-17-9-7-14-28-17)30-27(34)35-16-22-20-12-5-3-10-18(20)19-11-4-6-13-21(19)22/h3-7,9-14,22-24,28H,2,8,15-16H2,1H3,(H,29,31)(H,30,34)(H,32,33)/t23-,24?/m0/s1. The molecule has 2 amide bonds. The molecule has 1 heterocycles. The lowest BCUT2D eigenvalue weighted by molar-refractivity contribution is -0.142. The van der Waals surface area contributed by atoms with Gasteiger partial charge in [-0.15, -0.1) is 0 Å². The van der Waals surface area contributed by atoms with Gasteiger partial charge in [-0.1, -0.05) is 61.9 Å². The number of carbonyl (C=O) groups is 3. The minimum absolute atomic E-state index is 0.107. The van der Waals surface area contributed by atoms with Crippen LogP contribution in [-0.2, 0) is 20.7 Å². The summed E-state index contributed by atoms with van der Waals surface area (Å²) < 4.78 is 5.58. The number of nitrogens with one attached hydrogen (secondary N) is 3. The van der Waals surface area contributed by atoms with Gasteiger partial charge in [0.2, 0.25) is 5.91 Å². The van der Waals surface area contributed by atoms with Crippen molar-refractivity contribution < 1.29 is 24.2 Å². The largest absolute Gasteiger partial charge is 0.480 e. The molecule has 4 rings (SSSR count). The molecular formula is C27H29N3O5. The predicted molar refractivity (Wildman–Crippen MR) is 131 cm³/mol. The Morgan fingerprint density at radius 1 is 0.943 bits per heavy atom. The van der Waals surface area contributed by atoms with Crippen LogP contribution in [0.15, 0.2) is 66.9 Å². The number of aromatic nitrogens is 1. The summed E-state index contributed by atoms with van der Waals surface area (Å²) in [6.07, 6.45) is 2.04. The molecule has 1 unspecified atom stereocenters. The Kier molecular flexibility index (Phi) is 7.50. The summed E-state index contributed by atoms with van der Waals surface area (Å²) in [7, 11) is 0. The van der Waals surface area contributed by atoms with Gasteiger partial charge in [-0.05, 0) is 40.8 Å². The smallest absolute Gasteiger partial charge is 0.407 e. The molecule has 1 aromatic heterocycles. The Hall–Kier alpha value is -4.07. The Balaban J connectivity index is 1.44.